The van der Waals surface area contributed by atoms with Crippen molar-refractivity contribution in [1.82, 2.24) is 4.90 Å². The molecular formula is C17H18ClNO2. The van der Waals surface area contributed by atoms with E-state index in [-0.39, 0.29) is 12.5 Å². The van der Waals surface area contributed by atoms with Crippen LogP contribution in [0.2, 0.25) is 5.02 Å². The number of rotatable bonds is 4. The van der Waals surface area contributed by atoms with Gasteiger partial charge in [-0.2, -0.15) is 0 Å². The topological polar surface area (TPSA) is 40.5 Å². The van der Waals surface area contributed by atoms with Crippen LogP contribution in [0.5, 0.6) is 0 Å². The zero-order valence-electron chi connectivity index (χ0n) is 11.8. The summed E-state index contributed by atoms with van der Waals surface area (Å²) in [6.45, 7) is 0.682. The highest BCUT2D eigenvalue weighted by molar-refractivity contribution is 6.32. The van der Waals surface area contributed by atoms with Gasteiger partial charge in [-0.1, -0.05) is 23.4 Å². The molecule has 110 valence electrons. The molecule has 2 fully saturated rings. The Kier molecular flexibility index (Phi) is 4.19. The summed E-state index contributed by atoms with van der Waals surface area (Å²) in [4.78, 5) is 14.7. The van der Waals surface area contributed by atoms with Gasteiger partial charge in [-0.15, -0.1) is 0 Å². The molecule has 2 aliphatic rings. The highest BCUT2D eigenvalue weighted by atomic mass is 35.5. The van der Waals surface area contributed by atoms with Gasteiger partial charge in [0.15, 0.2) is 0 Å². The Bertz CT molecular complexity index is 609. The van der Waals surface area contributed by atoms with Crippen LogP contribution in [-0.4, -0.2) is 35.1 Å². The molecule has 2 saturated carbocycles. The first kappa shape index (κ1) is 14.4. The maximum atomic E-state index is 12.7. The molecule has 2 aliphatic carbocycles. The van der Waals surface area contributed by atoms with Crippen molar-refractivity contribution < 1.29 is 9.90 Å². The third-order valence-corrected chi connectivity index (χ3v) is 4.23. The minimum Gasteiger partial charge on any atom is -0.384 e. The predicted octanol–water partition coefficient (Wildman–Crippen LogP) is 2.70. The third kappa shape index (κ3) is 3.58. The Morgan fingerprint density at radius 1 is 1.33 bits per heavy atom. The molecule has 1 aromatic carbocycles. The van der Waals surface area contributed by atoms with E-state index in [0.717, 1.165) is 19.4 Å². The molecule has 3 nitrogen and oxygen atoms in total. The van der Waals surface area contributed by atoms with Crippen LogP contribution in [0, 0.1) is 17.8 Å². The maximum absolute atomic E-state index is 12.7. The van der Waals surface area contributed by atoms with E-state index in [4.69, 9.17) is 16.7 Å². The van der Waals surface area contributed by atoms with Crippen molar-refractivity contribution in [2.45, 2.75) is 31.7 Å². The van der Waals surface area contributed by atoms with Gasteiger partial charge in [-0.25, -0.2) is 0 Å². The Labute approximate surface area is 129 Å². The summed E-state index contributed by atoms with van der Waals surface area (Å²) in [5.74, 6) is 6.11. The number of aliphatic hydroxyl groups is 1. The Hall–Kier alpha value is -1.50. The summed E-state index contributed by atoms with van der Waals surface area (Å²) in [6, 6.07) is 5.64. The molecular weight excluding hydrogens is 286 g/mol. The average Bonchev–Trinajstić information content (AvgIpc) is 3.36. The van der Waals surface area contributed by atoms with E-state index in [1.54, 1.807) is 18.2 Å². The van der Waals surface area contributed by atoms with Crippen LogP contribution in [-0.2, 0) is 0 Å². The summed E-state index contributed by atoms with van der Waals surface area (Å²) < 4.78 is 0. The number of nitrogens with zero attached hydrogens (tertiary/aromatic N) is 1. The van der Waals surface area contributed by atoms with Crippen LogP contribution in [0.3, 0.4) is 0 Å². The van der Waals surface area contributed by atoms with Crippen molar-refractivity contribution in [3.8, 4) is 11.8 Å². The molecule has 21 heavy (non-hydrogen) atoms. The molecule has 0 aromatic heterocycles. The number of aliphatic hydroxyl groups excluding tert-OH is 1. The number of halogens is 1. The average molecular weight is 304 g/mol. The fourth-order valence-corrected chi connectivity index (χ4v) is 2.64. The molecule has 0 radical (unpaired) electrons. The van der Waals surface area contributed by atoms with Gasteiger partial charge < -0.3 is 10.0 Å². The van der Waals surface area contributed by atoms with Crippen molar-refractivity contribution in [2.24, 2.45) is 5.92 Å². The number of hydrogen-bond donors (Lipinski definition) is 1. The second-order valence-corrected chi connectivity index (χ2v) is 6.19. The Balaban J connectivity index is 1.78. The predicted molar refractivity (Wildman–Crippen MR) is 82.2 cm³/mol. The van der Waals surface area contributed by atoms with E-state index in [9.17, 15) is 4.79 Å². The molecule has 1 amide bonds. The molecule has 3 rings (SSSR count). The van der Waals surface area contributed by atoms with Crippen molar-refractivity contribution in [2.75, 3.05) is 13.2 Å². The summed E-state index contributed by atoms with van der Waals surface area (Å²) in [5, 5.41) is 9.18. The van der Waals surface area contributed by atoms with E-state index in [0.29, 0.717) is 28.1 Å². The van der Waals surface area contributed by atoms with Gasteiger partial charge in [0.05, 0.1) is 5.02 Å². The second-order valence-electron chi connectivity index (χ2n) is 5.79. The van der Waals surface area contributed by atoms with E-state index in [2.05, 4.69) is 11.8 Å². The Morgan fingerprint density at radius 2 is 2.10 bits per heavy atom. The molecule has 1 N–H and O–H groups in total. The molecule has 0 saturated heterocycles. The first-order chi connectivity index (χ1) is 10.2. The number of benzene rings is 1. The molecule has 1 aromatic rings. The van der Waals surface area contributed by atoms with Crippen LogP contribution >= 0.6 is 11.6 Å². The van der Waals surface area contributed by atoms with Crippen LogP contribution in [0.4, 0.5) is 0 Å². The van der Waals surface area contributed by atoms with Crippen LogP contribution in [0.15, 0.2) is 18.2 Å². The summed E-state index contributed by atoms with van der Waals surface area (Å²) in [5.41, 5.74) is 1.27. The molecule has 0 aliphatic heterocycles. The van der Waals surface area contributed by atoms with Gasteiger partial charge in [0, 0.05) is 23.7 Å². The minimum absolute atomic E-state index is 0.0768. The van der Waals surface area contributed by atoms with Gasteiger partial charge in [-0.3, -0.25) is 4.79 Å². The second kappa shape index (κ2) is 6.09. The minimum atomic E-state index is -0.201. The van der Waals surface area contributed by atoms with Crippen molar-refractivity contribution in [3.05, 3.63) is 34.3 Å². The van der Waals surface area contributed by atoms with E-state index in [1.807, 2.05) is 4.90 Å². The van der Waals surface area contributed by atoms with Crippen LogP contribution in [0.25, 0.3) is 0 Å². The first-order valence-corrected chi connectivity index (χ1v) is 7.77. The standard InChI is InChI=1S/C17H18ClNO2/c18-16-10-14(6-5-13(16)2-1-9-20)17(21)19(15-7-8-15)11-12-3-4-12/h5-6,10,12,15,20H,3-4,7-9,11H2. The van der Waals surface area contributed by atoms with Gasteiger partial charge in [0.1, 0.15) is 6.61 Å². The quantitative estimate of drug-likeness (QED) is 0.869. The van der Waals surface area contributed by atoms with E-state index >= 15 is 0 Å². The van der Waals surface area contributed by atoms with Crippen molar-refractivity contribution >= 4 is 17.5 Å². The highest BCUT2D eigenvalue weighted by Crippen LogP contribution is 2.35. The number of carbonyl (C=O) groups is 1. The highest BCUT2D eigenvalue weighted by Gasteiger charge is 2.36. The molecule has 0 bridgehead atoms. The van der Waals surface area contributed by atoms with Crippen molar-refractivity contribution in [1.29, 1.82) is 0 Å². The van der Waals surface area contributed by atoms with Gasteiger partial charge in [-0.05, 0) is 49.8 Å². The van der Waals surface area contributed by atoms with E-state index < -0.39 is 0 Å². The molecule has 4 heteroatoms. The fourth-order valence-electron chi connectivity index (χ4n) is 2.41. The number of amides is 1. The van der Waals surface area contributed by atoms with Crippen LogP contribution < -0.4 is 0 Å². The Morgan fingerprint density at radius 3 is 2.67 bits per heavy atom. The smallest absolute Gasteiger partial charge is 0.254 e. The van der Waals surface area contributed by atoms with Gasteiger partial charge in [0.2, 0.25) is 0 Å². The molecule has 0 heterocycles. The first-order valence-electron chi connectivity index (χ1n) is 7.39. The zero-order chi connectivity index (χ0) is 14.8. The lowest BCUT2D eigenvalue weighted by molar-refractivity contribution is 0.0735. The molecule has 0 spiro atoms. The summed E-state index contributed by atoms with van der Waals surface area (Å²) in [7, 11) is 0. The fraction of sp³-hybridized carbons (Fsp3) is 0.471. The lowest BCUT2D eigenvalue weighted by Gasteiger charge is -2.22. The normalized spacial score (nSPS) is 17.0. The summed E-state index contributed by atoms with van der Waals surface area (Å²) >= 11 is 6.17. The SMILES string of the molecule is O=C(c1ccc(C#CCO)c(Cl)c1)N(CC1CC1)C1CC1. The zero-order valence-corrected chi connectivity index (χ0v) is 12.6. The molecule has 0 unspecified atom stereocenters. The number of hydrogen-bond acceptors (Lipinski definition) is 2. The van der Waals surface area contributed by atoms with Gasteiger partial charge in [0.25, 0.3) is 5.91 Å². The van der Waals surface area contributed by atoms with Crippen LogP contribution in [0.1, 0.15) is 41.6 Å². The van der Waals surface area contributed by atoms with Gasteiger partial charge >= 0.3 is 0 Å². The lowest BCUT2D eigenvalue weighted by Crippen LogP contribution is -2.34. The van der Waals surface area contributed by atoms with Crippen molar-refractivity contribution in [3.63, 3.8) is 0 Å². The largest absolute Gasteiger partial charge is 0.384 e. The number of carbonyl (C=O) groups excluding carboxylic acids is 1. The third-order valence-electron chi connectivity index (χ3n) is 3.92. The summed E-state index contributed by atoms with van der Waals surface area (Å²) in [6.07, 6.45) is 4.72. The maximum Gasteiger partial charge on any atom is 0.254 e. The lowest BCUT2D eigenvalue weighted by atomic mass is 10.1. The molecule has 0 atom stereocenters. The van der Waals surface area contributed by atoms with E-state index in [1.165, 1.54) is 12.8 Å². The monoisotopic (exact) mass is 303 g/mol.